The average Bonchev–Trinajstić information content (AvgIpc) is 3.36. The molecule has 180 valence electrons. The lowest BCUT2D eigenvalue weighted by Gasteiger charge is -2.37. The maximum Gasteiger partial charge on any atom is 0.322 e. The van der Waals surface area contributed by atoms with Crippen molar-refractivity contribution in [3.63, 3.8) is 0 Å². The van der Waals surface area contributed by atoms with Crippen molar-refractivity contribution in [2.24, 2.45) is 0 Å². The SMILES string of the molecule is COc1ccc(C2c3cccn3CCN2C(=O)Nc2cc(OC)c(OC)c(OC)c2)c(OC)c1. The van der Waals surface area contributed by atoms with Gasteiger partial charge in [0.15, 0.2) is 11.5 Å². The van der Waals surface area contributed by atoms with Crippen molar-refractivity contribution in [1.29, 1.82) is 0 Å². The largest absolute Gasteiger partial charge is 0.497 e. The molecule has 1 aromatic heterocycles. The second kappa shape index (κ2) is 9.86. The van der Waals surface area contributed by atoms with Gasteiger partial charge in [-0.25, -0.2) is 4.79 Å². The van der Waals surface area contributed by atoms with Crippen LogP contribution in [0.1, 0.15) is 17.3 Å². The van der Waals surface area contributed by atoms with E-state index in [0.717, 1.165) is 11.3 Å². The number of ether oxygens (including phenoxy) is 5. The maximum atomic E-state index is 13.6. The monoisotopic (exact) mass is 467 g/mol. The molecule has 9 heteroatoms. The van der Waals surface area contributed by atoms with Gasteiger partial charge >= 0.3 is 6.03 Å². The van der Waals surface area contributed by atoms with Gasteiger partial charge < -0.3 is 38.5 Å². The van der Waals surface area contributed by atoms with E-state index in [2.05, 4.69) is 9.88 Å². The molecule has 34 heavy (non-hydrogen) atoms. The number of carbonyl (C=O) groups is 1. The molecule has 1 unspecified atom stereocenters. The fourth-order valence-electron chi connectivity index (χ4n) is 4.32. The Balaban J connectivity index is 1.71. The Morgan fingerprint density at radius 1 is 0.853 bits per heavy atom. The topological polar surface area (TPSA) is 83.4 Å². The van der Waals surface area contributed by atoms with Crippen LogP contribution in [0.3, 0.4) is 0 Å². The van der Waals surface area contributed by atoms with E-state index in [-0.39, 0.29) is 12.1 Å². The van der Waals surface area contributed by atoms with Crippen LogP contribution >= 0.6 is 0 Å². The van der Waals surface area contributed by atoms with E-state index in [1.165, 1.54) is 21.3 Å². The van der Waals surface area contributed by atoms with Gasteiger partial charge in [0.1, 0.15) is 17.5 Å². The van der Waals surface area contributed by atoms with Crippen LogP contribution in [0.5, 0.6) is 28.7 Å². The standard InChI is InChI=1S/C25H29N3O6/c1-30-17-8-9-18(20(15-17)31-2)23-19-7-6-10-27(19)11-12-28(23)25(29)26-16-13-21(32-3)24(34-5)22(14-16)33-4/h6-10,13-15,23H,11-12H2,1-5H3,(H,26,29). The average molecular weight is 468 g/mol. The van der Waals surface area contributed by atoms with Crippen molar-refractivity contribution in [2.45, 2.75) is 12.6 Å². The minimum Gasteiger partial charge on any atom is -0.497 e. The van der Waals surface area contributed by atoms with Gasteiger partial charge in [0.25, 0.3) is 0 Å². The lowest BCUT2D eigenvalue weighted by atomic mass is 9.99. The van der Waals surface area contributed by atoms with Crippen LogP contribution in [-0.2, 0) is 6.54 Å². The number of carbonyl (C=O) groups excluding carboxylic acids is 1. The molecule has 1 aliphatic rings. The number of nitrogens with one attached hydrogen (secondary N) is 1. The van der Waals surface area contributed by atoms with Crippen molar-refractivity contribution < 1.29 is 28.5 Å². The minimum absolute atomic E-state index is 0.260. The van der Waals surface area contributed by atoms with Crippen molar-refractivity contribution in [2.75, 3.05) is 47.4 Å². The lowest BCUT2D eigenvalue weighted by molar-refractivity contribution is 0.180. The second-order valence-electron chi connectivity index (χ2n) is 7.67. The predicted octanol–water partition coefficient (Wildman–Crippen LogP) is 4.17. The molecule has 1 atom stereocenters. The fourth-order valence-corrected chi connectivity index (χ4v) is 4.32. The zero-order chi connectivity index (χ0) is 24.2. The maximum absolute atomic E-state index is 13.6. The van der Waals surface area contributed by atoms with E-state index in [1.807, 2.05) is 36.5 Å². The molecule has 2 amide bonds. The van der Waals surface area contributed by atoms with E-state index >= 15 is 0 Å². The first kappa shape index (κ1) is 23.2. The van der Waals surface area contributed by atoms with Crippen LogP contribution in [0.4, 0.5) is 10.5 Å². The Bertz CT molecular complexity index is 1150. The highest BCUT2D eigenvalue weighted by Crippen LogP contribution is 2.41. The summed E-state index contributed by atoms with van der Waals surface area (Å²) in [5.74, 6) is 2.69. The van der Waals surface area contributed by atoms with Gasteiger partial charge in [-0.3, -0.25) is 0 Å². The summed E-state index contributed by atoms with van der Waals surface area (Å²) in [6.45, 7) is 1.19. The first-order chi connectivity index (χ1) is 16.5. The van der Waals surface area contributed by atoms with E-state index in [9.17, 15) is 4.79 Å². The first-order valence-corrected chi connectivity index (χ1v) is 10.8. The van der Waals surface area contributed by atoms with Crippen molar-refractivity contribution in [3.05, 3.63) is 59.9 Å². The molecule has 1 aliphatic heterocycles. The molecule has 9 nitrogen and oxygen atoms in total. The molecule has 0 radical (unpaired) electrons. The number of hydrogen-bond donors (Lipinski definition) is 1. The zero-order valence-electron chi connectivity index (χ0n) is 20.0. The van der Waals surface area contributed by atoms with Gasteiger partial charge in [0.05, 0.1) is 41.2 Å². The molecule has 0 saturated carbocycles. The van der Waals surface area contributed by atoms with E-state index in [1.54, 1.807) is 31.3 Å². The quantitative estimate of drug-likeness (QED) is 0.562. The Kier molecular flexibility index (Phi) is 6.72. The highest BCUT2D eigenvalue weighted by atomic mass is 16.5. The molecule has 2 heterocycles. The number of methoxy groups -OCH3 is 5. The Morgan fingerprint density at radius 3 is 2.18 bits per heavy atom. The van der Waals surface area contributed by atoms with E-state index < -0.39 is 0 Å². The van der Waals surface area contributed by atoms with Crippen molar-refractivity contribution in [3.8, 4) is 28.7 Å². The molecular weight excluding hydrogens is 438 g/mol. The van der Waals surface area contributed by atoms with Gasteiger partial charge in [-0.05, 0) is 24.3 Å². The molecule has 4 rings (SSSR count). The van der Waals surface area contributed by atoms with Crippen LogP contribution in [0.2, 0.25) is 0 Å². The summed E-state index contributed by atoms with van der Waals surface area (Å²) in [4.78, 5) is 15.4. The number of aromatic nitrogens is 1. The smallest absolute Gasteiger partial charge is 0.322 e. The molecule has 0 spiro atoms. The summed E-state index contributed by atoms with van der Waals surface area (Å²) in [6.07, 6.45) is 2.02. The number of urea groups is 1. The molecule has 0 fully saturated rings. The van der Waals surface area contributed by atoms with Crippen LogP contribution in [0.25, 0.3) is 0 Å². The number of hydrogen-bond acceptors (Lipinski definition) is 6. The minimum atomic E-state index is -0.355. The number of amides is 2. The van der Waals surface area contributed by atoms with Crippen LogP contribution in [0, 0.1) is 0 Å². The third-order valence-corrected chi connectivity index (χ3v) is 5.95. The highest BCUT2D eigenvalue weighted by Gasteiger charge is 2.34. The lowest BCUT2D eigenvalue weighted by Crippen LogP contribution is -2.44. The van der Waals surface area contributed by atoms with Gasteiger partial charge in [0.2, 0.25) is 5.75 Å². The summed E-state index contributed by atoms with van der Waals surface area (Å²) in [5.41, 5.74) is 2.39. The first-order valence-electron chi connectivity index (χ1n) is 10.8. The molecule has 2 aromatic carbocycles. The number of nitrogens with zero attached hydrogens (tertiary/aromatic N) is 2. The fraction of sp³-hybridized carbons (Fsp3) is 0.320. The van der Waals surface area contributed by atoms with Crippen LogP contribution in [-0.4, -0.2) is 57.6 Å². The number of anilines is 1. The van der Waals surface area contributed by atoms with E-state index in [0.29, 0.717) is 47.5 Å². The molecule has 0 saturated heterocycles. The number of benzene rings is 2. The Labute approximate surface area is 198 Å². The summed E-state index contributed by atoms with van der Waals surface area (Å²) < 4.78 is 29.4. The summed E-state index contributed by atoms with van der Waals surface area (Å²) in [5, 5.41) is 2.99. The molecule has 0 aliphatic carbocycles. The number of rotatable bonds is 7. The van der Waals surface area contributed by atoms with Crippen LogP contribution < -0.4 is 29.0 Å². The van der Waals surface area contributed by atoms with Gasteiger partial charge in [-0.1, -0.05) is 0 Å². The molecular formula is C25H29N3O6. The normalized spacial score (nSPS) is 14.7. The Morgan fingerprint density at radius 2 is 1.56 bits per heavy atom. The van der Waals surface area contributed by atoms with Crippen molar-refractivity contribution >= 4 is 11.7 Å². The predicted molar refractivity (Wildman–Crippen MR) is 128 cm³/mol. The number of fused-ring (bicyclic) bond motifs is 1. The Hall–Kier alpha value is -4.01. The third kappa shape index (κ3) is 4.16. The molecule has 0 bridgehead atoms. The summed E-state index contributed by atoms with van der Waals surface area (Å²) in [7, 11) is 7.83. The molecule has 3 aromatic rings. The second-order valence-corrected chi connectivity index (χ2v) is 7.67. The van der Waals surface area contributed by atoms with E-state index in [4.69, 9.17) is 23.7 Å². The highest BCUT2D eigenvalue weighted by molar-refractivity contribution is 5.91. The summed E-state index contributed by atoms with van der Waals surface area (Å²) in [6, 6.07) is 12.4. The zero-order valence-corrected chi connectivity index (χ0v) is 20.0. The van der Waals surface area contributed by atoms with Gasteiger partial charge in [-0.2, -0.15) is 0 Å². The molecule has 1 N–H and O–H groups in total. The van der Waals surface area contributed by atoms with Gasteiger partial charge in [0, 0.05) is 48.7 Å². The third-order valence-electron chi connectivity index (χ3n) is 5.95. The summed E-state index contributed by atoms with van der Waals surface area (Å²) >= 11 is 0. The van der Waals surface area contributed by atoms with Gasteiger partial charge in [-0.15, -0.1) is 0 Å². The van der Waals surface area contributed by atoms with Crippen LogP contribution in [0.15, 0.2) is 48.7 Å². The van der Waals surface area contributed by atoms with Crippen molar-refractivity contribution in [1.82, 2.24) is 9.47 Å².